The normalized spacial score (nSPS) is 29.1. The molecule has 0 unspecified atom stereocenters. The molecule has 0 N–H and O–H groups in total. The third-order valence-electron chi connectivity index (χ3n) is 6.56. The summed E-state index contributed by atoms with van der Waals surface area (Å²) in [4.78, 5) is 11.8. The molecule has 2 heteroatoms. The molecule has 2 aliphatic rings. The lowest BCUT2D eigenvalue weighted by Gasteiger charge is -2.37. The van der Waals surface area contributed by atoms with Crippen LogP contribution in [0.5, 0.6) is 0 Å². The van der Waals surface area contributed by atoms with E-state index in [1.54, 1.807) is 6.08 Å². The molecule has 1 aromatic rings. The molecule has 0 aliphatic heterocycles. The molecule has 0 aromatic heterocycles. The van der Waals surface area contributed by atoms with E-state index in [0.717, 1.165) is 37.0 Å². The lowest BCUT2D eigenvalue weighted by atomic mass is 9.69. The van der Waals surface area contributed by atoms with Crippen LogP contribution < -0.4 is 0 Å². The van der Waals surface area contributed by atoms with Crippen molar-refractivity contribution in [2.75, 3.05) is 0 Å². The third kappa shape index (κ3) is 5.22. The number of allylic oxidation sites excluding steroid dienone is 1. The first kappa shape index (κ1) is 19.2. The average Bonchev–Trinajstić information content (AvgIpc) is 2.68. The van der Waals surface area contributed by atoms with Crippen molar-refractivity contribution in [3.05, 3.63) is 48.0 Å². The quantitative estimate of drug-likeness (QED) is 0.440. The average molecular weight is 355 g/mol. The van der Waals surface area contributed by atoms with Crippen molar-refractivity contribution in [2.45, 2.75) is 83.2 Å². The predicted octanol–water partition coefficient (Wildman–Crippen LogP) is 6.34. The molecule has 2 nitrogen and oxygen atoms in total. The Morgan fingerprint density at radius 2 is 1.58 bits per heavy atom. The minimum absolute atomic E-state index is 0.0491. The smallest absolute Gasteiger partial charge is 0.306 e. The minimum Gasteiger partial charge on any atom is -0.462 e. The van der Waals surface area contributed by atoms with E-state index in [-0.39, 0.29) is 12.1 Å². The second kappa shape index (κ2) is 9.39. The van der Waals surface area contributed by atoms with E-state index >= 15 is 0 Å². The van der Waals surface area contributed by atoms with Crippen LogP contribution in [0.3, 0.4) is 0 Å². The van der Waals surface area contributed by atoms with Crippen molar-refractivity contribution in [1.29, 1.82) is 0 Å². The van der Waals surface area contributed by atoms with Crippen molar-refractivity contribution in [1.82, 2.24) is 0 Å². The summed E-state index contributed by atoms with van der Waals surface area (Å²) < 4.78 is 5.63. The van der Waals surface area contributed by atoms with E-state index in [0.29, 0.717) is 6.42 Å². The first-order valence-electron chi connectivity index (χ1n) is 10.5. The number of hydrogen-bond donors (Lipinski definition) is 0. The third-order valence-corrected chi connectivity index (χ3v) is 6.56. The second-order valence-corrected chi connectivity index (χ2v) is 8.38. The van der Waals surface area contributed by atoms with Crippen molar-refractivity contribution in [3.8, 4) is 0 Å². The summed E-state index contributed by atoms with van der Waals surface area (Å²) in [6, 6.07) is 9.15. The number of carbonyl (C=O) groups excluding carboxylic acids is 1. The Morgan fingerprint density at radius 1 is 1.00 bits per heavy atom. The van der Waals surface area contributed by atoms with Gasteiger partial charge in [0.1, 0.15) is 6.10 Å². The maximum Gasteiger partial charge on any atom is 0.306 e. The number of hydrogen-bond acceptors (Lipinski definition) is 2. The minimum atomic E-state index is -0.0491. The number of aryl methyl sites for hydroxylation is 1. The van der Waals surface area contributed by atoms with E-state index in [4.69, 9.17) is 4.74 Å². The van der Waals surface area contributed by atoms with Crippen LogP contribution >= 0.6 is 0 Å². The van der Waals surface area contributed by atoms with Crippen LogP contribution in [-0.2, 0) is 9.53 Å². The molecule has 3 rings (SSSR count). The fraction of sp³-hybridized carbons (Fsp3) is 0.625. The molecule has 0 saturated heterocycles. The predicted molar refractivity (Wildman–Crippen MR) is 107 cm³/mol. The number of benzene rings is 1. The van der Waals surface area contributed by atoms with Crippen LogP contribution in [0.1, 0.15) is 81.3 Å². The topological polar surface area (TPSA) is 26.3 Å². The number of esters is 1. The van der Waals surface area contributed by atoms with Crippen LogP contribution in [0.2, 0.25) is 0 Å². The molecule has 0 spiro atoms. The van der Waals surface area contributed by atoms with Crippen LogP contribution in [-0.4, -0.2) is 12.1 Å². The van der Waals surface area contributed by atoms with Crippen molar-refractivity contribution in [3.63, 3.8) is 0 Å². The van der Waals surface area contributed by atoms with E-state index in [1.807, 2.05) is 0 Å². The highest BCUT2D eigenvalue weighted by atomic mass is 16.5. The summed E-state index contributed by atoms with van der Waals surface area (Å²) in [5.41, 5.74) is 2.88. The SMILES string of the molecule is C=CCCC(=O)OC1CCC([C@H]2CC[C@H](c3ccc(C)cc3)CC2)CC1. The van der Waals surface area contributed by atoms with Crippen molar-refractivity contribution in [2.24, 2.45) is 11.8 Å². The van der Waals surface area contributed by atoms with E-state index in [2.05, 4.69) is 37.8 Å². The first-order valence-corrected chi connectivity index (χ1v) is 10.5. The van der Waals surface area contributed by atoms with Crippen molar-refractivity contribution < 1.29 is 9.53 Å². The van der Waals surface area contributed by atoms with Crippen LogP contribution in [0, 0.1) is 18.8 Å². The van der Waals surface area contributed by atoms with Crippen LogP contribution in [0.15, 0.2) is 36.9 Å². The fourth-order valence-corrected chi connectivity index (χ4v) is 4.91. The number of rotatable bonds is 6. The molecular formula is C24H34O2. The molecule has 0 amide bonds. The number of carbonyl (C=O) groups is 1. The van der Waals surface area contributed by atoms with Gasteiger partial charge < -0.3 is 4.74 Å². The van der Waals surface area contributed by atoms with Gasteiger partial charge in [-0.05, 0) is 88.0 Å². The molecule has 142 valence electrons. The van der Waals surface area contributed by atoms with Gasteiger partial charge in [0.05, 0.1) is 0 Å². The van der Waals surface area contributed by atoms with E-state index in [1.165, 1.54) is 49.7 Å². The van der Waals surface area contributed by atoms with Gasteiger partial charge in [0, 0.05) is 6.42 Å². The molecule has 1 aromatic carbocycles. The monoisotopic (exact) mass is 354 g/mol. The van der Waals surface area contributed by atoms with Gasteiger partial charge in [0.2, 0.25) is 0 Å². The molecular weight excluding hydrogens is 320 g/mol. The maximum atomic E-state index is 11.8. The summed E-state index contributed by atoms with van der Waals surface area (Å²) in [5.74, 6) is 2.44. The Labute approximate surface area is 159 Å². The zero-order chi connectivity index (χ0) is 18.4. The molecule has 0 atom stereocenters. The van der Waals surface area contributed by atoms with Crippen molar-refractivity contribution >= 4 is 5.97 Å². The summed E-state index contributed by atoms with van der Waals surface area (Å²) in [5, 5.41) is 0. The van der Waals surface area contributed by atoms with E-state index in [9.17, 15) is 4.79 Å². The largest absolute Gasteiger partial charge is 0.462 e. The molecule has 0 radical (unpaired) electrons. The molecule has 26 heavy (non-hydrogen) atoms. The molecule has 2 aliphatic carbocycles. The maximum absolute atomic E-state index is 11.8. The van der Waals surface area contributed by atoms with Gasteiger partial charge in [-0.25, -0.2) is 0 Å². The molecule has 2 fully saturated rings. The Kier molecular flexibility index (Phi) is 6.93. The van der Waals surface area contributed by atoms with Gasteiger partial charge in [-0.2, -0.15) is 0 Å². The zero-order valence-corrected chi connectivity index (χ0v) is 16.3. The van der Waals surface area contributed by atoms with Crippen LogP contribution in [0.4, 0.5) is 0 Å². The standard InChI is InChI=1S/C24H34O2/c1-3-4-5-24(25)26-23-16-14-22(15-17-23)21-12-10-20(11-13-21)19-8-6-18(2)7-9-19/h3,6-9,20-23H,1,4-5,10-17H2,2H3/t20-,21-,22?,23?. The first-order chi connectivity index (χ1) is 12.7. The highest BCUT2D eigenvalue weighted by Gasteiger charge is 2.32. The zero-order valence-electron chi connectivity index (χ0n) is 16.3. The Balaban J connectivity index is 1.40. The highest BCUT2D eigenvalue weighted by molar-refractivity contribution is 5.69. The van der Waals surface area contributed by atoms with Gasteiger partial charge >= 0.3 is 5.97 Å². The van der Waals surface area contributed by atoms with Crippen LogP contribution in [0.25, 0.3) is 0 Å². The van der Waals surface area contributed by atoms with Gasteiger partial charge in [0.15, 0.2) is 0 Å². The number of ether oxygens (including phenoxy) is 1. The fourth-order valence-electron chi connectivity index (χ4n) is 4.91. The lowest BCUT2D eigenvalue weighted by Crippen LogP contribution is -2.29. The summed E-state index contributed by atoms with van der Waals surface area (Å²) in [6.45, 7) is 5.82. The Hall–Kier alpha value is -1.57. The van der Waals surface area contributed by atoms with Gasteiger partial charge in [-0.15, -0.1) is 6.58 Å². The van der Waals surface area contributed by atoms with Gasteiger partial charge in [-0.1, -0.05) is 35.9 Å². The van der Waals surface area contributed by atoms with E-state index < -0.39 is 0 Å². The second-order valence-electron chi connectivity index (χ2n) is 8.38. The molecule has 0 bridgehead atoms. The Morgan fingerprint density at radius 3 is 2.15 bits per heavy atom. The summed E-state index contributed by atoms with van der Waals surface area (Å²) in [6.07, 6.45) is 13.1. The Bertz CT molecular complexity index is 573. The van der Waals surface area contributed by atoms with Gasteiger partial charge in [0.25, 0.3) is 0 Å². The summed E-state index contributed by atoms with van der Waals surface area (Å²) in [7, 11) is 0. The summed E-state index contributed by atoms with van der Waals surface area (Å²) >= 11 is 0. The highest BCUT2D eigenvalue weighted by Crippen LogP contribution is 2.43. The lowest BCUT2D eigenvalue weighted by molar-refractivity contribution is -0.151. The molecule has 0 heterocycles. The molecule has 2 saturated carbocycles. The van der Waals surface area contributed by atoms with Gasteiger partial charge in [-0.3, -0.25) is 4.79 Å².